The highest BCUT2D eigenvalue weighted by Crippen LogP contribution is 2.17. The van der Waals surface area contributed by atoms with E-state index in [1.54, 1.807) is 0 Å². The highest BCUT2D eigenvalue weighted by molar-refractivity contribution is 7.71. The number of aryl methyl sites for hydroxylation is 1. The summed E-state index contributed by atoms with van der Waals surface area (Å²) in [5, 5.41) is 0. The zero-order valence-corrected chi connectivity index (χ0v) is 10.2. The van der Waals surface area contributed by atoms with Crippen LogP contribution >= 0.6 is 12.2 Å². The van der Waals surface area contributed by atoms with Crippen molar-refractivity contribution in [2.75, 3.05) is 0 Å². The summed E-state index contributed by atoms with van der Waals surface area (Å²) in [7, 11) is 0. The molecule has 1 atom stereocenters. The zero-order chi connectivity index (χ0) is 10.6. The van der Waals surface area contributed by atoms with Crippen LogP contribution in [0.4, 0.5) is 0 Å². The maximum atomic E-state index is 5.24. The number of unbranched alkanes of at least 4 members (excludes halogenated alkanes) is 2. The van der Waals surface area contributed by atoms with Crippen molar-refractivity contribution in [3.8, 4) is 0 Å². The molecule has 1 N–H and O–H groups in total. The van der Waals surface area contributed by atoms with Crippen molar-refractivity contribution in [3.63, 3.8) is 0 Å². The Labute approximate surface area is 91.3 Å². The van der Waals surface area contributed by atoms with Gasteiger partial charge in [0, 0.05) is 17.9 Å². The molecule has 2 nitrogen and oxygen atoms in total. The van der Waals surface area contributed by atoms with Gasteiger partial charge >= 0.3 is 0 Å². The number of nitrogens with zero attached hydrogens (tertiary/aromatic N) is 1. The highest BCUT2D eigenvalue weighted by Gasteiger charge is 2.07. The number of hydrogen-bond acceptors (Lipinski definition) is 1. The van der Waals surface area contributed by atoms with E-state index in [1.165, 1.54) is 31.4 Å². The summed E-state index contributed by atoms with van der Waals surface area (Å²) in [5.74, 6) is 0. The molecular formula is C11H20N2S. The molecule has 0 bridgehead atoms. The third-order valence-corrected chi connectivity index (χ3v) is 2.98. The van der Waals surface area contributed by atoms with Crippen LogP contribution in [0.25, 0.3) is 0 Å². The van der Waals surface area contributed by atoms with E-state index in [2.05, 4.69) is 30.3 Å². The summed E-state index contributed by atoms with van der Waals surface area (Å²) < 4.78 is 3.07. The van der Waals surface area contributed by atoms with Crippen molar-refractivity contribution in [2.45, 2.75) is 52.5 Å². The van der Waals surface area contributed by atoms with Crippen LogP contribution in [0.15, 0.2) is 6.20 Å². The fraction of sp³-hybridized carbons (Fsp3) is 0.727. The van der Waals surface area contributed by atoms with Gasteiger partial charge in [0.05, 0.1) is 0 Å². The lowest BCUT2D eigenvalue weighted by Crippen LogP contribution is -2.06. The van der Waals surface area contributed by atoms with Gasteiger partial charge in [0.2, 0.25) is 0 Å². The van der Waals surface area contributed by atoms with Crippen LogP contribution in [0, 0.1) is 11.7 Å². The molecule has 0 amide bonds. The van der Waals surface area contributed by atoms with Gasteiger partial charge in [0.15, 0.2) is 4.77 Å². The van der Waals surface area contributed by atoms with E-state index in [1.807, 2.05) is 6.20 Å². The normalized spacial score (nSPS) is 13.1. The van der Waals surface area contributed by atoms with Crippen LogP contribution in [0.3, 0.4) is 0 Å². The Hall–Kier alpha value is -0.570. The molecule has 0 spiro atoms. The van der Waals surface area contributed by atoms with Crippen molar-refractivity contribution in [1.29, 1.82) is 0 Å². The van der Waals surface area contributed by atoms with E-state index in [4.69, 9.17) is 12.2 Å². The molecule has 0 aliphatic carbocycles. The minimum absolute atomic E-state index is 0.528. The van der Waals surface area contributed by atoms with E-state index in [0.717, 1.165) is 4.77 Å². The quantitative estimate of drug-likeness (QED) is 0.578. The van der Waals surface area contributed by atoms with Crippen LogP contribution < -0.4 is 0 Å². The van der Waals surface area contributed by atoms with Crippen molar-refractivity contribution in [3.05, 3.63) is 16.7 Å². The molecule has 0 aromatic carbocycles. The lowest BCUT2D eigenvalue weighted by atomic mass is 10.1. The van der Waals surface area contributed by atoms with Gasteiger partial charge < -0.3 is 9.55 Å². The van der Waals surface area contributed by atoms with Gasteiger partial charge in [-0.05, 0) is 32.5 Å². The van der Waals surface area contributed by atoms with Crippen LogP contribution in [0.1, 0.15) is 51.3 Å². The van der Waals surface area contributed by atoms with Gasteiger partial charge in [-0.3, -0.25) is 0 Å². The van der Waals surface area contributed by atoms with Crippen molar-refractivity contribution >= 4 is 12.2 Å². The van der Waals surface area contributed by atoms with E-state index in [0.29, 0.717) is 6.04 Å². The van der Waals surface area contributed by atoms with Crippen LogP contribution in [-0.4, -0.2) is 9.55 Å². The molecule has 1 aromatic rings. The molecule has 1 unspecified atom stereocenters. The Morgan fingerprint density at radius 1 is 1.50 bits per heavy atom. The first-order valence-corrected chi connectivity index (χ1v) is 5.84. The fourth-order valence-corrected chi connectivity index (χ4v) is 2.21. The predicted octanol–water partition coefficient (Wildman–Crippen LogP) is 4.00. The fourth-order valence-electron chi connectivity index (χ4n) is 1.83. The lowest BCUT2D eigenvalue weighted by Gasteiger charge is -2.14. The number of rotatable bonds is 5. The second-order valence-corrected chi connectivity index (χ2v) is 4.34. The minimum Gasteiger partial charge on any atom is -0.337 e. The maximum absolute atomic E-state index is 5.24. The molecule has 0 saturated carbocycles. The number of nitrogens with one attached hydrogen (secondary N) is 1. The van der Waals surface area contributed by atoms with Gasteiger partial charge in [0.1, 0.15) is 0 Å². The van der Waals surface area contributed by atoms with E-state index in [-0.39, 0.29) is 0 Å². The molecule has 1 aromatic heterocycles. The Kier molecular flexibility index (Phi) is 4.39. The van der Waals surface area contributed by atoms with Crippen LogP contribution in [0.5, 0.6) is 0 Å². The molecule has 0 fully saturated rings. The zero-order valence-electron chi connectivity index (χ0n) is 9.34. The van der Waals surface area contributed by atoms with Gasteiger partial charge in [0.25, 0.3) is 0 Å². The second kappa shape index (κ2) is 5.35. The molecular weight excluding hydrogens is 192 g/mol. The molecule has 3 heteroatoms. The summed E-state index contributed by atoms with van der Waals surface area (Å²) >= 11 is 5.24. The van der Waals surface area contributed by atoms with Gasteiger partial charge in [-0.1, -0.05) is 26.2 Å². The van der Waals surface area contributed by atoms with Crippen molar-refractivity contribution in [1.82, 2.24) is 9.55 Å². The Morgan fingerprint density at radius 3 is 2.71 bits per heavy atom. The number of hydrogen-bond donors (Lipinski definition) is 1. The standard InChI is InChI=1S/C11H20N2S/c1-4-5-6-7-9(2)13-10(3)8-12-11(13)14/h8-9H,4-7H2,1-3H3,(H,12,14). The van der Waals surface area contributed by atoms with Gasteiger partial charge in [-0.25, -0.2) is 0 Å². The van der Waals surface area contributed by atoms with Crippen molar-refractivity contribution in [2.24, 2.45) is 0 Å². The molecule has 0 aliphatic rings. The molecule has 0 saturated heterocycles. The summed E-state index contributed by atoms with van der Waals surface area (Å²) in [6.45, 7) is 6.58. The molecule has 1 rings (SSSR count). The largest absolute Gasteiger partial charge is 0.337 e. The number of H-pyrrole nitrogens is 1. The minimum atomic E-state index is 0.528. The topological polar surface area (TPSA) is 20.7 Å². The molecule has 0 radical (unpaired) electrons. The Balaban J connectivity index is 2.60. The van der Waals surface area contributed by atoms with E-state index in [9.17, 15) is 0 Å². The van der Waals surface area contributed by atoms with Crippen LogP contribution in [0.2, 0.25) is 0 Å². The third kappa shape index (κ3) is 2.71. The summed E-state index contributed by atoms with van der Waals surface area (Å²) in [5.41, 5.74) is 1.24. The predicted molar refractivity (Wildman–Crippen MR) is 63.2 cm³/mol. The third-order valence-electron chi connectivity index (χ3n) is 2.67. The number of imidazole rings is 1. The first kappa shape index (κ1) is 11.5. The smallest absolute Gasteiger partial charge is 0.177 e. The van der Waals surface area contributed by atoms with E-state index >= 15 is 0 Å². The first-order chi connectivity index (χ1) is 6.66. The van der Waals surface area contributed by atoms with Crippen LogP contribution in [-0.2, 0) is 0 Å². The Bertz CT molecular complexity index is 324. The first-order valence-electron chi connectivity index (χ1n) is 5.43. The maximum Gasteiger partial charge on any atom is 0.177 e. The van der Waals surface area contributed by atoms with E-state index < -0.39 is 0 Å². The average molecular weight is 212 g/mol. The summed E-state index contributed by atoms with van der Waals surface area (Å²) in [6, 6.07) is 0.528. The summed E-state index contributed by atoms with van der Waals surface area (Å²) in [4.78, 5) is 3.09. The monoisotopic (exact) mass is 212 g/mol. The highest BCUT2D eigenvalue weighted by atomic mass is 32.1. The number of aromatic amines is 1. The average Bonchev–Trinajstić information content (AvgIpc) is 2.46. The Morgan fingerprint density at radius 2 is 2.21 bits per heavy atom. The number of aromatic nitrogens is 2. The molecule has 0 aliphatic heterocycles. The molecule has 14 heavy (non-hydrogen) atoms. The van der Waals surface area contributed by atoms with Gasteiger partial charge in [-0.15, -0.1) is 0 Å². The summed E-state index contributed by atoms with van der Waals surface area (Å²) in [6.07, 6.45) is 7.11. The van der Waals surface area contributed by atoms with Gasteiger partial charge in [-0.2, -0.15) is 0 Å². The second-order valence-electron chi connectivity index (χ2n) is 3.95. The molecule has 80 valence electrons. The lowest BCUT2D eigenvalue weighted by molar-refractivity contribution is 0.466. The SMILES string of the molecule is CCCCCC(C)n1c(C)c[nH]c1=S. The van der Waals surface area contributed by atoms with Crippen molar-refractivity contribution < 1.29 is 0 Å². The molecule has 1 heterocycles.